The molecule has 0 aliphatic carbocycles. The van der Waals surface area contributed by atoms with Crippen molar-refractivity contribution in [3.8, 4) is 5.75 Å². The number of unbranched alkanes of at least 4 members (excludes halogenated alkanes) is 3. The highest BCUT2D eigenvalue weighted by molar-refractivity contribution is 5.74. The van der Waals surface area contributed by atoms with E-state index in [4.69, 9.17) is 10.5 Å². The van der Waals surface area contributed by atoms with Crippen LogP contribution in [-0.4, -0.2) is 41.8 Å². The Kier molecular flexibility index (Phi) is 11.3. The van der Waals surface area contributed by atoms with Crippen LogP contribution in [0.1, 0.15) is 49.7 Å². The maximum Gasteiger partial charge on any atom is 0.305 e. The van der Waals surface area contributed by atoms with Crippen LogP contribution in [0.2, 0.25) is 0 Å². The summed E-state index contributed by atoms with van der Waals surface area (Å²) in [6, 6.07) is 17.3. The van der Waals surface area contributed by atoms with Gasteiger partial charge < -0.3 is 15.2 Å². The summed E-state index contributed by atoms with van der Waals surface area (Å²) in [6.45, 7) is 0.583. The van der Waals surface area contributed by atoms with Crippen molar-refractivity contribution in [1.29, 1.82) is 0 Å². The molecule has 0 aliphatic heterocycles. The second-order valence-electron chi connectivity index (χ2n) is 7.85. The van der Waals surface area contributed by atoms with Gasteiger partial charge in [-0.25, -0.2) is 5.06 Å². The van der Waals surface area contributed by atoms with Crippen LogP contribution in [-0.2, 0) is 27.4 Å². The first-order chi connectivity index (χ1) is 15.5. The number of hydrogen-bond acceptors (Lipinski definition) is 6. The number of nitrogens with two attached hydrogens (primary N) is 1. The van der Waals surface area contributed by atoms with E-state index >= 15 is 0 Å². The molecule has 2 aromatic carbocycles. The van der Waals surface area contributed by atoms with E-state index in [1.54, 1.807) is 0 Å². The zero-order valence-electron chi connectivity index (χ0n) is 18.7. The maximum absolute atomic E-state index is 12.1. The topological polar surface area (TPSA) is 102 Å². The number of benzene rings is 2. The molecule has 0 saturated heterocycles. The van der Waals surface area contributed by atoms with Gasteiger partial charge in [0.2, 0.25) is 5.91 Å². The van der Waals surface area contributed by atoms with Gasteiger partial charge in [-0.1, -0.05) is 55.3 Å². The molecule has 2 aromatic rings. The summed E-state index contributed by atoms with van der Waals surface area (Å²) in [4.78, 5) is 23.1. The number of carbonyl (C=O) groups excluding carboxylic acids is 2. The Morgan fingerprint density at radius 2 is 1.59 bits per heavy atom. The highest BCUT2D eigenvalue weighted by Gasteiger charge is 2.15. The lowest BCUT2D eigenvalue weighted by molar-refractivity contribution is -0.166. The fourth-order valence-corrected chi connectivity index (χ4v) is 3.28. The van der Waals surface area contributed by atoms with Crippen molar-refractivity contribution in [2.75, 3.05) is 13.7 Å². The van der Waals surface area contributed by atoms with Crippen molar-refractivity contribution in [1.82, 2.24) is 5.06 Å². The van der Waals surface area contributed by atoms with Gasteiger partial charge in [0.25, 0.3) is 0 Å². The predicted octanol–water partition coefficient (Wildman–Crippen LogP) is 3.87. The molecule has 1 atom stereocenters. The van der Waals surface area contributed by atoms with Gasteiger partial charge in [-0.15, -0.1) is 0 Å². The number of rotatable bonds is 14. The molecule has 3 N–H and O–H groups in total. The lowest BCUT2D eigenvalue weighted by atomic mass is 10.1. The van der Waals surface area contributed by atoms with Crippen LogP contribution in [0.4, 0.5) is 0 Å². The summed E-state index contributed by atoms with van der Waals surface area (Å²) in [5.74, 6) is 0.223. The van der Waals surface area contributed by atoms with Crippen LogP contribution in [0, 0.1) is 0 Å². The fourth-order valence-electron chi connectivity index (χ4n) is 3.28. The average Bonchev–Trinajstić information content (AvgIpc) is 2.81. The molecule has 0 saturated carbocycles. The normalized spacial score (nSPS) is 11.6. The van der Waals surface area contributed by atoms with Gasteiger partial charge in [-0.2, -0.15) is 0 Å². The van der Waals surface area contributed by atoms with Crippen molar-refractivity contribution in [2.24, 2.45) is 5.73 Å². The second-order valence-corrected chi connectivity index (χ2v) is 7.85. The Balaban J connectivity index is 1.63. The van der Waals surface area contributed by atoms with Crippen molar-refractivity contribution >= 4 is 11.9 Å². The first-order valence-electron chi connectivity index (χ1n) is 11.0. The molecule has 0 aromatic heterocycles. The smallest absolute Gasteiger partial charge is 0.305 e. The maximum atomic E-state index is 12.1. The summed E-state index contributed by atoms with van der Waals surface area (Å²) in [5, 5.41) is 10.7. The van der Waals surface area contributed by atoms with Crippen molar-refractivity contribution in [3.63, 3.8) is 0 Å². The molecule has 174 valence electrons. The quantitative estimate of drug-likeness (QED) is 0.199. The van der Waals surface area contributed by atoms with Gasteiger partial charge in [0, 0.05) is 18.9 Å². The van der Waals surface area contributed by atoms with Gasteiger partial charge >= 0.3 is 5.97 Å². The Morgan fingerprint density at radius 1 is 0.938 bits per heavy atom. The molecule has 0 radical (unpaired) electrons. The largest absolute Gasteiger partial charge is 0.489 e. The summed E-state index contributed by atoms with van der Waals surface area (Å²) in [5.41, 5.74) is 8.24. The Hall–Kier alpha value is -2.90. The monoisotopic (exact) mass is 442 g/mol. The molecule has 0 heterocycles. The summed E-state index contributed by atoms with van der Waals surface area (Å²) < 4.78 is 10.4. The number of nitrogens with zero attached hydrogens (tertiary/aromatic N) is 1. The zero-order valence-corrected chi connectivity index (χ0v) is 18.7. The Bertz CT molecular complexity index is 811. The van der Waals surface area contributed by atoms with Crippen molar-refractivity contribution in [3.05, 3.63) is 65.7 Å². The molecular formula is C25H34N2O5. The molecule has 1 amide bonds. The lowest BCUT2D eigenvalue weighted by Gasteiger charge is -2.20. The highest BCUT2D eigenvalue weighted by Crippen LogP contribution is 2.15. The summed E-state index contributed by atoms with van der Waals surface area (Å²) >= 11 is 0. The number of hydrogen-bond donors (Lipinski definition) is 2. The standard InChI is InChI=1S/C25H34N2O5/c1-31-25(29)12-8-3-2-7-11-24(28)27(30)18-22(26)17-20-13-15-23(16-14-20)32-19-21-9-5-4-6-10-21/h4-6,9-10,13-16,22,30H,2-3,7-8,11-12,17-19,26H2,1H3/t22-/m0/s1. The van der Waals surface area contributed by atoms with E-state index in [9.17, 15) is 14.8 Å². The van der Waals surface area contributed by atoms with Gasteiger partial charge in [0.1, 0.15) is 12.4 Å². The van der Waals surface area contributed by atoms with Crippen molar-refractivity contribution < 1.29 is 24.3 Å². The molecule has 32 heavy (non-hydrogen) atoms. The van der Waals surface area contributed by atoms with E-state index in [2.05, 4.69) is 4.74 Å². The first-order valence-corrected chi connectivity index (χ1v) is 11.0. The number of methoxy groups -OCH3 is 1. The van der Waals surface area contributed by atoms with E-state index in [-0.39, 0.29) is 30.9 Å². The molecule has 0 spiro atoms. The summed E-state index contributed by atoms with van der Waals surface area (Å²) in [7, 11) is 1.37. The predicted molar refractivity (Wildman–Crippen MR) is 122 cm³/mol. The summed E-state index contributed by atoms with van der Waals surface area (Å²) in [6.07, 6.45) is 4.26. The SMILES string of the molecule is COC(=O)CCCCCCC(=O)N(O)C[C@@H](N)Cc1ccc(OCc2ccccc2)cc1. The third-order valence-electron chi connectivity index (χ3n) is 5.11. The van der Waals surface area contributed by atoms with E-state index < -0.39 is 0 Å². The Morgan fingerprint density at radius 3 is 2.25 bits per heavy atom. The van der Waals surface area contributed by atoms with Crippen LogP contribution < -0.4 is 10.5 Å². The number of hydroxylamine groups is 2. The molecule has 0 fully saturated rings. The zero-order chi connectivity index (χ0) is 23.2. The average molecular weight is 443 g/mol. The second kappa shape index (κ2) is 14.2. The molecular weight excluding hydrogens is 408 g/mol. The fraction of sp³-hybridized carbons (Fsp3) is 0.440. The minimum atomic E-state index is -0.375. The number of ether oxygens (including phenoxy) is 2. The van der Waals surface area contributed by atoms with Crippen LogP contribution in [0.15, 0.2) is 54.6 Å². The van der Waals surface area contributed by atoms with E-state index in [0.29, 0.717) is 25.9 Å². The van der Waals surface area contributed by atoms with Gasteiger partial charge in [-0.05, 0) is 42.5 Å². The minimum Gasteiger partial charge on any atom is -0.489 e. The third-order valence-corrected chi connectivity index (χ3v) is 5.11. The van der Waals surface area contributed by atoms with Gasteiger partial charge in [0.15, 0.2) is 0 Å². The number of carbonyl (C=O) groups is 2. The molecule has 0 aliphatic rings. The Labute approximate surface area is 190 Å². The van der Waals surface area contributed by atoms with Crippen molar-refractivity contribution in [2.45, 2.75) is 57.6 Å². The van der Waals surface area contributed by atoms with E-state index in [1.807, 2.05) is 54.6 Å². The van der Waals surface area contributed by atoms with Crippen LogP contribution in [0.5, 0.6) is 5.75 Å². The van der Waals surface area contributed by atoms with E-state index in [0.717, 1.165) is 41.2 Å². The first kappa shape index (κ1) is 25.4. The number of amides is 1. The molecule has 7 heteroatoms. The third kappa shape index (κ3) is 9.94. The van der Waals surface area contributed by atoms with Gasteiger partial charge in [0.05, 0.1) is 13.7 Å². The molecule has 0 bridgehead atoms. The lowest BCUT2D eigenvalue weighted by Crippen LogP contribution is -2.40. The number of esters is 1. The highest BCUT2D eigenvalue weighted by atomic mass is 16.5. The van der Waals surface area contributed by atoms with Crippen LogP contribution in [0.25, 0.3) is 0 Å². The van der Waals surface area contributed by atoms with Gasteiger partial charge in [-0.3, -0.25) is 14.8 Å². The van der Waals surface area contributed by atoms with E-state index in [1.165, 1.54) is 7.11 Å². The van der Waals surface area contributed by atoms with Crippen LogP contribution >= 0.6 is 0 Å². The molecule has 2 rings (SSSR count). The molecule has 7 nitrogen and oxygen atoms in total. The molecule has 0 unspecified atom stereocenters. The minimum absolute atomic E-state index is 0.0768. The van der Waals surface area contributed by atoms with Crippen LogP contribution in [0.3, 0.4) is 0 Å².